The molecule has 1 N–H and O–H groups in total. The Hall–Kier alpha value is -3.86. The molecule has 0 spiro atoms. The van der Waals surface area contributed by atoms with Gasteiger partial charge in [0.05, 0.1) is 0 Å². The number of carbonyl (C=O) groups excluding carboxylic acids is 1. The van der Waals surface area contributed by atoms with Crippen molar-refractivity contribution in [3.8, 4) is 11.3 Å². The quantitative estimate of drug-likeness (QED) is 0.0842. The fourth-order valence-electron chi connectivity index (χ4n) is 7.07. The van der Waals surface area contributed by atoms with Gasteiger partial charge < -0.3 is 9.52 Å². The molecular weight excluding hydrogens is 845 g/mol. The topological polar surface area (TPSA) is 76.2 Å². The van der Waals surface area contributed by atoms with E-state index in [0.717, 1.165) is 70.5 Å². The fourth-order valence-corrected chi connectivity index (χ4v) is 7.07. The summed E-state index contributed by atoms with van der Waals surface area (Å²) in [5.74, 6) is 1.60. The summed E-state index contributed by atoms with van der Waals surface area (Å²) in [4.78, 5) is 21.8. The summed E-state index contributed by atoms with van der Waals surface area (Å²) >= 11 is 0. The number of furan rings is 1. The second kappa shape index (κ2) is 16.9. The van der Waals surface area contributed by atoms with Crippen LogP contribution >= 0.6 is 0 Å². The van der Waals surface area contributed by atoms with E-state index >= 15 is 0 Å². The molecule has 54 heavy (non-hydrogen) atoms. The van der Waals surface area contributed by atoms with Crippen LogP contribution in [0.4, 0.5) is 0 Å². The largest absolute Gasteiger partial charge is 0.512 e. The van der Waals surface area contributed by atoms with Crippen molar-refractivity contribution in [3.05, 3.63) is 95.5 Å². The minimum Gasteiger partial charge on any atom is -0.512 e. The number of allylic oxidation sites excluding steroid dienone is 2. The number of rotatable bonds is 10. The molecule has 2 aromatic heterocycles. The van der Waals surface area contributed by atoms with Crippen molar-refractivity contribution in [3.63, 3.8) is 0 Å². The maximum absolute atomic E-state index is 12.2. The summed E-state index contributed by atoms with van der Waals surface area (Å²) in [6.07, 6.45) is 5.82. The summed E-state index contributed by atoms with van der Waals surface area (Å²) in [5, 5.41) is 16.8. The van der Waals surface area contributed by atoms with Gasteiger partial charge in [0.15, 0.2) is 5.78 Å². The second-order valence-corrected chi connectivity index (χ2v) is 16.8. The molecular formula is C48H59IrN2O3-. The molecule has 0 unspecified atom stereocenters. The Labute approximate surface area is 336 Å². The Morgan fingerprint density at radius 1 is 0.833 bits per heavy atom. The molecule has 0 atom stereocenters. The van der Waals surface area contributed by atoms with E-state index in [-0.39, 0.29) is 47.9 Å². The smallest absolute Gasteiger partial charge is 0.223 e. The fraction of sp³-hybridized carbons (Fsp3) is 0.438. The number of aliphatic hydroxyl groups is 1. The first-order chi connectivity index (χ1) is 25.0. The average Bonchev–Trinajstić information content (AvgIpc) is 3.51. The number of carbonyl (C=O) groups is 1. The third kappa shape index (κ3) is 8.66. The molecule has 0 fully saturated rings. The van der Waals surface area contributed by atoms with Gasteiger partial charge in [-0.15, -0.1) is 29.1 Å². The first-order valence-electron chi connectivity index (χ1n) is 19.5. The van der Waals surface area contributed by atoms with Crippen LogP contribution < -0.4 is 0 Å². The normalized spacial score (nSPS) is 12.7. The zero-order valence-corrected chi connectivity index (χ0v) is 36.9. The van der Waals surface area contributed by atoms with E-state index in [1.807, 2.05) is 48.5 Å². The van der Waals surface area contributed by atoms with Gasteiger partial charge in [-0.2, -0.15) is 4.98 Å². The Morgan fingerprint density at radius 3 is 2.07 bits per heavy atom. The number of aliphatic hydroxyl groups excluding tert-OH is 1. The Morgan fingerprint density at radius 2 is 1.46 bits per heavy atom. The maximum Gasteiger partial charge on any atom is 0.223 e. The van der Waals surface area contributed by atoms with Gasteiger partial charge in [-0.05, 0) is 61.3 Å². The number of fused-ring (bicyclic) bond motifs is 6. The molecule has 0 aliphatic rings. The summed E-state index contributed by atoms with van der Waals surface area (Å²) in [5.41, 5.74) is 5.37. The van der Waals surface area contributed by atoms with E-state index in [1.54, 1.807) is 0 Å². The molecule has 5 nitrogen and oxygen atoms in total. The van der Waals surface area contributed by atoms with Crippen LogP contribution in [0.1, 0.15) is 119 Å². The maximum atomic E-state index is 12.2. The van der Waals surface area contributed by atoms with Gasteiger partial charge in [0.1, 0.15) is 17.2 Å². The Kier molecular flexibility index (Phi) is 13.4. The van der Waals surface area contributed by atoms with Crippen LogP contribution in [0, 0.1) is 29.7 Å². The molecule has 289 valence electrons. The molecule has 6 aromatic rings. The molecule has 0 saturated carbocycles. The minimum atomic E-state index is -0.337. The molecule has 6 heteroatoms. The average molecular weight is 904 g/mol. The summed E-state index contributed by atoms with van der Waals surface area (Å²) < 4.78 is 6.45. The van der Waals surface area contributed by atoms with Crippen LogP contribution in [0.2, 0.25) is 0 Å². The first kappa shape index (κ1) is 42.9. The van der Waals surface area contributed by atoms with Gasteiger partial charge in [0.25, 0.3) is 0 Å². The van der Waals surface area contributed by atoms with Crippen molar-refractivity contribution in [2.24, 2.45) is 16.7 Å². The number of hydrogen-bond donors (Lipinski definition) is 1. The molecule has 1 radical (unpaired) electrons. The van der Waals surface area contributed by atoms with Crippen molar-refractivity contribution < 1.29 is 34.4 Å². The number of aromatic nitrogens is 2. The van der Waals surface area contributed by atoms with E-state index in [4.69, 9.17) is 14.4 Å². The van der Waals surface area contributed by atoms with Crippen LogP contribution in [0.25, 0.3) is 54.9 Å². The van der Waals surface area contributed by atoms with Crippen molar-refractivity contribution in [2.45, 2.75) is 121 Å². The predicted molar refractivity (Wildman–Crippen MR) is 224 cm³/mol. The van der Waals surface area contributed by atoms with Gasteiger partial charge in [0, 0.05) is 58.9 Å². The van der Waals surface area contributed by atoms with Crippen LogP contribution in [-0.2, 0) is 36.7 Å². The molecule has 0 bridgehead atoms. The SMILES string of the molecule is CCC(C)(CC)C(=O)/C=C(\O)C(C)(CC)CC.Cc1nc(-c2[c-]c3ccccc3c(C(C)(C)C)c2)c2c(n1)oc1c3ccc(CC(C)C)cc3ccc12.[Ir]. The molecule has 6 rings (SSSR count). The van der Waals surface area contributed by atoms with Gasteiger partial charge in [-0.3, -0.25) is 9.78 Å². The van der Waals surface area contributed by atoms with Gasteiger partial charge in [-0.25, -0.2) is 0 Å². The van der Waals surface area contributed by atoms with Crippen molar-refractivity contribution >= 4 is 49.4 Å². The monoisotopic (exact) mass is 904 g/mol. The third-order valence-corrected chi connectivity index (χ3v) is 11.6. The number of nitrogens with zero attached hydrogens (tertiary/aromatic N) is 2. The number of ketones is 1. The summed E-state index contributed by atoms with van der Waals surface area (Å²) in [7, 11) is 0. The zero-order chi connectivity index (χ0) is 38.9. The second-order valence-electron chi connectivity index (χ2n) is 16.8. The standard InChI is InChI=1S/C33H31N2O.C15H28O2.Ir/c1-19(2)15-21-11-13-26-23(16-21)12-14-27-29-30(34-20(3)35-32(29)36-31(26)27)24-17-22-9-7-8-10-25(22)28(18-24)33(4,5)6;1-7-14(5,8-2)12(16)11-13(17)15(6,9-3)10-4;/h7-14,16,18-19H,15H2,1-6H3;11,16H,7-10H2,1-6H3;/q-1;;/b;12-11-;. The first-order valence-corrected chi connectivity index (χ1v) is 19.5. The molecule has 0 saturated heterocycles. The van der Waals surface area contributed by atoms with E-state index in [9.17, 15) is 9.90 Å². The Balaban J connectivity index is 0.000000309. The van der Waals surface area contributed by atoms with Crippen LogP contribution in [0.5, 0.6) is 0 Å². The zero-order valence-electron chi connectivity index (χ0n) is 34.5. The van der Waals surface area contributed by atoms with E-state index in [0.29, 0.717) is 17.5 Å². The Bertz CT molecular complexity index is 2300. The van der Waals surface area contributed by atoms with Crippen LogP contribution in [0.3, 0.4) is 0 Å². The number of aryl methyl sites for hydroxylation is 1. The molecule has 2 heterocycles. The van der Waals surface area contributed by atoms with Crippen molar-refractivity contribution in [1.29, 1.82) is 0 Å². The molecule has 0 amide bonds. The van der Waals surface area contributed by atoms with Crippen molar-refractivity contribution in [1.82, 2.24) is 9.97 Å². The van der Waals surface area contributed by atoms with Gasteiger partial charge >= 0.3 is 0 Å². The van der Waals surface area contributed by atoms with Crippen molar-refractivity contribution in [2.75, 3.05) is 0 Å². The van der Waals surface area contributed by atoms with Crippen LogP contribution in [0.15, 0.2) is 76.9 Å². The minimum absolute atomic E-state index is 0. The van der Waals surface area contributed by atoms with E-state index in [1.165, 1.54) is 28.0 Å². The van der Waals surface area contributed by atoms with E-state index in [2.05, 4.69) is 101 Å². The van der Waals surface area contributed by atoms with Gasteiger partial charge in [0.2, 0.25) is 5.71 Å². The summed E-state index contributed by atoms with van der Waals surface area (Å²) in [6.45, 7) is 25.3. The molecule has 4 aromatic carbocycles. The third-order valence-electron chi connectivity index (χ3n) is 11.6. The van der Waals surface area contributed by atoms with Gasteiger partial charge in [-0.1, -0.05) is 136 Å². The number of benzene rings is 4. The predicted octanol–water partition coefficient (Wildman–Crippen LogP) is 13.6. The van der Waals surface area contributed by atoms with E-state index < -0.39 is 0 Å². The van der Waals surface area contributed by atoms with Crippen LogP contribution in [-0.4, -0.2) is 20.9 Å². The number of hydrogen-bond acceptors (Lipinski definition) is 5. The molecule has 0 aliphatic carbocycles. The molecule has 0 aliphatic heterocycles. The summed E-state index contributed by atoms with van der Waals surface area (Å²) in [6, 6.07) is 25.5.